The summed E-state index contributed by atoms with van der Waals surface area (Å²) in [5.41, 5.74) is 11.7. The molecule has 132 valence electrons. The number of benzene rings is 2. The molecule has 25 heavy (non-hydrogen) atoms. The molecular formula is C20H25N3O2. The fourth-order valence-electron chi connectivity index (χ4n) is 3.37. The molecule has 0 aromatic heterocycles. The highest BCUT2D eigenvalue weighted by molar-refractivity contribution is 5.96. The van der Waals surface area contributed by atoms with Crippen LogP contribution in [0.4, 0.5) is 5.69 Å². The van der Waals surface area contributed by atoms with Gasteiger partial charge in [-0.2, -0.15) is 0 Å². The van der Waals surface area contributed by atoms with Crippen molar-refractivity contribution in [1.29, 1.82) is 0 Å². The van der Waals surface area contributed by atoms with E-state index in [4.69, 9.17) is 4.74 Å². The highest BCUT2D eigenvalue weighted by Crippen LogP contribution is 2.26. The monoisotopic (exact) mass is 339 g/mol. The van der Waals surface area contributed by atoms with Gasteiger partial charge in [-0.3, -0.25) is 4.79 Å². The van der Waals surface area contributed by atoms with E-state index in [1.807, 2.05) is 38.1 Å². The zero-order valence-electron chi connectivity index (χ0n) is 15.1. The topological polar surface area (TPSA) is 62.4 Å². The number of rotatable bonds is 4. The Labute approximate surface area is 148 Å². The summed E-state index contributed by atoms with van der Waals surface area (Å²) < 4.78 is 5.19. The van der Waals surface area contributed by atoms with Gasteiger partial charge < -0.3 is 10.1 Å². The highest BCUT2D eigenvalue weighted by atomic mass is 16.5. The van der Waals surface area contributed by atoms with Crippen molar-refractivity contribution < 1.29 is 9.53 Å². The number of amides is 1. The number of aryl methyl sites for hydroxylation is 3. The van der Waals surface area contributed by atoms with Gasteiger partial charge in [-0.15, -0.1) is 0 Å². The third-order valence-corrected chi connectivity index (χ3v) is 4.66. The van der Waals surface area contributed by atoms with Crippen LogP contribution in [0.5, 0.6) is 5.75 Å². The fraction of sp³-hybridized carbons (Fsp3) is 0.350. The number of hydrogen-bond acceptors (Lipinski definition) is 4. The Morgan fingerprint density at radius 1 is 1.08 bits per heavy atom. The maximum absolute atomic E-state index is 12.6. The lowest BCUT2D eigenvalue weighted by molar-refractivity contribution is -0.117. The smallest absolute Gasteiger partial charge is 0.242 e. The van der Waals surface area contributed by atoms with Gasteiger partial charge in [-0.1, -0.05) is 29.8 Å². The summed E-state index contributed by atoms with van der Waals surface area (Å²) in [6.45, 7) is 6.11. The standard InChI is InChI=1S/C20H25N3O2/c1-12-9-13(2)19(14(3)10-12)21-20(24)18-11-17(22-23-18)15-5-7-16(25-4)8-6-15/h5-10,17-18,22-23H,11H2,1-4H3,(H,21,24). The molecule has 1 saturated heterocycles. The number of methoxy groups -OCH3 is 1. The third-order valence-electron chi connectivity index (χ3n) is 4.66. The molecule has 0 saturated carbocycles. The quantitative estimate of drug-likeness (QED) is 0.801. The summed E-state index contributed by atoms with van der Waals surface area (Å²) in [5, 5.41) is 3.08. The Balaban J connectivity index is 1.66. The minimum Gasteiger partial charge on any atom is -0.497 e. The second-order valence-electron chi connectivity index (χ2n) is 6.67. The summed E-state index contributed by atoms with van der Waals surface area (Å²) in [6, 6.07) is 11.9. The van der Waals surface area contributed by atoms with Gasteiger partial charge in [0, 0.05) is 11.7 Å². The number of ether oxygens (including phenoxy) is 1. The first-order valence-electron chi connectivity index (χ1n) is 8.51. The number of carbonyl (C=O) groups excluding carboxylic acids is 1. The molecule has 1 amide bonds. The zero-order chi connectivity index (χ0) is 18.0. The van der Waals surface area contributed by atoms with Crippen LogP contribution in [0.15, 0.2) is 36.4 Å². The molecule has 5 nitrogen and oxygen atoms in total. The lowest BCUT2D eigenvalue weighted by Gasteiger charge is -2.15. The molecule has 1 aliphatic heterocycles. The van der Waals surface area contributed by atoms with E-state index in [-0.39, 0.29) is 18.0 Å². The van der Waals surface area contributed by atoms with E-state index < -0.39 is 0 Å². The minimum atomic E-state index is -0.271. The number of anilines is 1. The fourth-order valence-corrected chi connectivity index (χ4v) is 3.37. The van der Waals surface area contributed by atoms with Gasteiger partial charge in [0.25, 0.3) is 0 Å². The van der Waals surface area contributed by atoms with Crippen LogP contribution >= 0.6 is 0 Å². The van der Waals surface area contributed by atoms with E-state index in [0.29, 0.717) is 6.42 Å². The van der Waals surface area contributed by atoms with Crippen LogP contribution in [-0.4, -0.2) is 19.1 Å². The number of hydrazine groups is 1. The molecule has 0 radical (unpaired) electrons. The van der Waals surface area contributed by atoms with Crippen LogP contribution in [0.1, 0.15) is 34.7 Å². The summed E-state index contributed by atoms with van der Waals surface area (Å²) in [4.78, 5) is 12.6. The lowest BCUT2D eigenvalue weighted by atomic mass is 10.0. The van der Waals surface area contributed by atoms with Gasteiger partial charge in [-0.25, -0.2) is 10.9 Å². The zero-order valence-corrected chi connectivity index (χ0v) is 15.1. The van der Waals surface area contributed by atoms with Crippen molar-refractivity contribution in [3.8, 4) is 5.75 Å². The van der Waals surface area contributed by atoms with Crippen LogP contribution in [0.25, 0.3) is 0 Å². The van der Waals surface area contributed by atoms with Crippen molar-refractivity contribution in [3.05, 3.63) is 58.7 Å². The molecule has 2 unspecified atom stereocenters. The summed E-state index contributed by atoms with van der Waals surface area (Å²) in [5.74, 6) is 0.813. The third kappa shape index (κ3) is 3.83. The Hall–Kier alpha value is -2.37. The van der Waals surface area contributed by atoms with E-state index in [0.717, 1.165) is 28.1 Å². The first-order chi connectivity index (χ1) is 12.0. The van der Waals surface area contributed by atoms with E-state index >= 15 is 0 Å². The van der Waals surface area contributed by atoms with E-state index in [9.17, 15) is 4.79 Å². The maximum Gasteiger partial charge on any atom is 0.242 e. The van der Waals surface area contributed by atoms with Crippen LogP contribution in [-0.2, 0) is 4.79 Å². The molecule has 2 aromatic carbocycles. The molecule has 0 aliphatic carbocycles. The first-order valence-corrected chi connectivity index (χ1v) is 8.51. The molecule has 3 rings (SSSR count). The molecule has 0 spiro atoms. The van der Waals surface area contributed by atoms with Gasteiger partial charge >= 0.3 is 0 Å². The molecule has 1 aliphatic rings. The lowest BCUT2D eigenvalue weighted by Crippen LogP contribution is -2.39. The van der Waals surface area contributed by atoms with Crippen LogP contribution in [0.3, 0.4) is 0 Å². The molecule has 0 bridgehead atoms. The van der Waals surface area contributed by atoms with Crippen molar-refractivity contribution in [3.63, 3.8) is 0 Å². The predicted molar refractivity (Wildman–Crippen MR) is 99.7 cm³/mol. The van der Waals surface area contributed by atoms with Crippen molar-refractivity contribution in [2.45, 2.75) is 39.3 Å². The SMILES string of the molecule is COc1ccc(C2CC(C(=O)Nc3c(C)cc(C)cc3C)NN2)cc1. The molecule has 5 heteroatoms. The molecule has 3 N–H and O–H groups in total. The molecule has 1 heterocycles. The van der Waals surface area contributed by atoms with Crippen molar-refractivity contribution in [2.24, 2.45) is 0 Å². The molecule has 1 fully saturated rings. The van der Waals surface area contributed by atoms with Crippen molar-refractivity contribution >= 4 is 11.6 Å². The number of hydrogen-bond donors (Lipinski definition) is 3. The second-order valence-corrected chi connectivity index (χ2v) is 6.67. The minimum absolute atomic E-state index is 0.0152. The summed E-state index contributed by atoms with van der Waals surface area (Å²) in [6.07, 6.45) is 0.697. The van der Waals surface area contributed by atoms with Crippen LogP contribution < -0.4 is 20.9 Å². The van der Waals surface area contributed by atoms with Crippen molar-refractivity contribution in [2.75, 3.05) is 12.4 Å². The Kier molecular flexibility index (Phi) is 5.06. The van der Waals surface area contributed by atoms with Gasteiger partial charge in [0.05, 0.1) is 7.11 Å². The van der Waals surface area contributed by atoms with Gasteiger partial charge in [0.1, 0.15) is 11.8 Å². The van der Waals surface area contributed by atoms with E-state index in [1.165, 1.54) is 5.56 Å². The Morgan fingerprint density at radius 3 is 2.32 bits per heavy atom. The number of carbonyl (C=O) groups is 1. The van der Waals surface area contributed by atoms with Gasteiger partial charge in [-0.05, 0) is 56.0 Å². The predicted octanol–water partition coefficient (Wildman–Crippen LogP) is 3.17. The maximum atomic E-state index is 12.6. The highest BCUT2D eigenvalue weighted by Gasteiger charge is 2.30. The largest absolute Gasteiger partial charge is 0.497 e. The summed E-state index contributed by atoms with van der Waals surface area (Å²) >= 11 is 0. The summed E-state index contributed by atoms with van der Waals surface area (Å²) in [7, 11) is 1.65. The second kappa shape index (κ2) is 7.25. The van der Waals surface area contributed by atoms with Crippen LogP contribution in [0.2, 0.25) is 0 Å². The average Bonchev–Trinajstić information content (AvgIpc) is 3.08. The van der Waals surface area contributed by atoms with Crippen LogP contribution in [0, 0.1) is 20.8 Å². The normalized spacial score (nSPS) is 19.7. The first kappa shape index (κ1) is 17.5. The van der Waals surface area contributed by atoms with Gasteiger partial charge in [0.15, 0.2) is 0 Å². The Morgan fingerprint density at radius 2 is 1.72 bits per heavy atom. The van der Waals surface area contributed by atoms with E-state index in [1.54, 1.807) is 7.11 Å². The number of nitrogens with one attached hydrogen (secondary N) is 3. The van der Waals surface area contributed by atoms with Crippen molar-refractivity contribution in [1.82, 2.24) is 10.9 Å². The average molecular weight is 339 g/mol. The van der Waals surface area contributed by atoms with Gasteiger partial charge in [0.2, 0.25) is 5.91 Å². The molecular weight excluding hydrogens is 314 g/mol. The molecule has 2 aromatic rings. The molecule has 2 atom stereocenters. The Bertz CT molecular complexity index is 748. The van der Waals surface area contributed by atoms with E-state index in [2.05, 4.69) is 35.2 Å².